The van der Waals surface area contributed by atoms with Gasteiger partial charge in [-0.15, -0.1) is 0 Å². The summed E-state index contributed by atoms with van der Waals surface area (Å²) < 4.78 is 10.2. The van der Waals surface area contributed by atoms with Crippen LogP contribution in [0.5, 0.6) is 0 Å². The van der Waals surface area contributed by atoms with Crippen LogP contribution in [0.25, 0.3) is 0 Å². The van der Waals surface area contributed by atoms with Crippen LogP contribution in [0, 0.1) is 0 Å². The Kier molecular flexibility index (Phi) is 8.71. The molecular formula is C17H27NO3. The van der Waals surface area contributed by atoms with Crippen LogP contribution >= 0.6 is 0 Å². The lowest BCUT2D eigenvalue weighted by Gasteiger charge is -2.10. The second-order valence-corrected chi connectivity index (χ2v) is 5.33. The molecule has 1 rings (SSSR count). The van der Waals surface area contributed by atoms with Gasteiger partial charge in [-0.1, -0.05) is 24.3 Å². The molecule has 0 fully saturated rings. The Balaban J connectivity index is 2.27. The van der Waals surface area contributed by atoms with Gasteiger partial charge in [0.05, 0.1) is 19.6 Å². The molecule has 0 aromatic heterocycles. The number of ether oxygens (including phenoxy) is 2. The summed E-state index contributed by atoms with van der Waals surface area (Å²) in [7, 11) is 1.42. The third-order valence-electron chi connectivity index (χ3n) is 3.20. The molecule has 0 saturated carbocycles. The number of benzene rings is 1. The van der Waals surface area contributed by atoms with E-state index >= 15 is 0 Å². The van der Waals surface area contributed by atoms with Crippen molar-refractivity contribution in [2.24, 2.45) is 0 Å². The van der Waals surface area contributed by atoms with Gasteiger partial charge in [0.2, 0.25) is 0 Å². The van der Waals surface area contributed by atoms with Crippen molar-refractivity contribution < 1.29 is 14.3 Å². The van der Waals surface area contributed by atoms with E-state index in [9.17, 15) is 4.79 Å². The number of methoxy groups -OCH3 is 1. The molecule has 0 aliphatic heterocycles. The first-order chi connectivity index (χ1) is 10.1. The third-order valence-corrected chi connectivity index (χ3v) is 3.20. The first-order valence-corrected chi connectivity index (χ1v) is 7.59. The molecule has 4 heteroatoms. The zero-order valence-corrected chi connectivity index (χ0v) is 13.4. The standard InChI is InChI=1S/C17H27NO3/c1-14(2)21-11-7-6-10-18-13-16-9-5-4-8-15(16)12-17(19)20-3/h4-5,8-9,14,18H,6-7,10-13H2,1-3H3. The van der Waals surface area contributed by atoms with Crippen molar-refractivity contribution in [3.05, 3.63) is 35.4 Å². The molecule has 1 aromatic rings. The van der Waals surface area contributed by atoms with E-state index in [0.29, 0.717) is 12.5 Å². The van der Waals surface area contributed by atoms with Crippen molar-refractivity contribution in [3.63, 3.8) is 0 Å². The van der Waals surface area contributed by atoms with Gasteiger partial charge >= 0.3 is 5.97 Å². The summed E-state index contributed by atoms with van der Waals surface area (Å²) in [5, 5.41) is 3.41. The van der Waals surface area contributed by atoms with Crippen LogP contribution in [0.1, 0.15) is 37.8 Å². The summed E-state index contributed by atoms with van der Waals surface area (Å²) in [6.07, 6.45) is 2.79. The van der Waals surface area contributed by atoms with Crippen molar-refractivity contribution in [1.82, 2.24) is 5.32 Å². The van der Waals surface area contributed by atoms with Gasteiger partial charge in [-0.05, 0) is 44.4 Å². The predicted octanol–water partition coefficient (Wildman–Crippen LogP) is 2.70. The Morgan fingerprint density at radius 2 is 1.90 bits per heavy atom. The first kappa shape index (κ1) is 17.7. The molecule has 0 heterocycles. The third kappa shape index (κ3) is 7.83. The number of esters is 1. The first-order valence-electron chi connectivity index (χ1n) is 7.59. The molecule has 1 N–H and O–H groups in total. The van der Waals surface area contributed by atoms with E-state index < -0.39 is 0 Å². The molecule has 118 valence electrons. The van der Waals surface area contributed by atoms with Crippen LogP contribution in [-0.2, 0) is 27.2 Å². The van der Waals surface area contributed by atoms with Crippen LogP contribution in [0.3, 0.4) is 0 Å². The lowest BCUT2D eigenvalue weighted by molar-refractivity contribution is -0.139. The number of hydrogen-bond acceptors (Lipinski definition) is 4. The summed E-state index contributed by atoms with van der Waals surface area (Å²) in [5.74, 6) is -0.201. The quantitative estimate of drug-likeness (QED) is 0.532. The summed E-state index contributed by atoms with van der Waals surface area (Å²) in [6.45, 7) is 6.65. The van der Waals surface area contributed by atoms with Gasteiger partial charge in [-0.2, -0.15) is 0 Å². The maximum absolute atomic E-state index is 11.4. The molecule has 0 unspecified atom stereocenters. The topological polar surface area (TPSA) is 47.6 Å². The zero-order chi connectivity index (χ0) is 15.5. The molecular weight excluding hydrogens is 266 g/mol. The summed E-state index contributed by atoms with van der Waals surface area (Å²) in [5.41, 5.74) is 2.18. The minimum atomic E-state index is -0.201. The number of nitrogens with one attached hydrogen (secondary N) is 1. The van der Waals surface area contributed by atoms with Gasteiger partial charge in [-0.3, -0.25) is 4.79 Å². The second kappa shape index (κ2) is 10.4. The zero-order valence-electron chi connectivity index (χ0n) is 13.4. The summed E-state index contributed by atoms with van der Waals surface area (Å²) in [6, 6.07) is 7.97. The van der Waals surface area contributed by atoms with E-state index in [1.807, 2.05) is 24.3 Å². The van der Waals surface area contributed by atoms with E-state index in [1.54, 1.807) is 0 Å². The fourth-order valence-electron chi connectivity index (χ4n) is 2.02. The van der Waals surface area contributed by atoms with Gasteiger partial charge in [0.15, 0.2) is 0 Å². The highest BCUT2D eigenvalue weighted by Gasteiger charge is 2.07. The fourth-order valence-corrected chi connectivity index (χ4v) is 2.02. The number of rotatable bonds is 10. The molecule has 4 nitrogen and oxygen atoms in total. The molecule has 1 aromatic carbocycles. The molecule has 0 bridgehead atoms. The molecule has 0 aliphatic carbocycles. The molecule has 0 spiro atoms. The fraction of sp³-hybridized carbons (Fsp3) is 0.588. The average molecular weight is 293 g/mol. The SMILES string of the molecule is COC(=O)Cc1ccccc1CNCCCCOC(C)C. The van der Waals surface area contributed by atoms with Gasteiger partial charge in [-0.25, -0.2) is 0 Å². The monoisotopic (exact) mass is 293 g/mol. The Labute approximate surface area is 127 Å². The largest absolute Gasteiger partial charge is 0.469 e. The maximum Gasteiger partial charge on any atom is 0.309 e. The van der Waals surface area contributed by atoms with E-state index in [-0.39, 0.29) is 5.97 Å². The smallest absolute Gasteiger partial charge is 0.309 e. The number of hydrogen-bond donors (Lipinski definition) is 1. The highest BCUT2D eigenvalue weighted by atomic mass is 16.5. The minimum absolute atomic E-state index is 0.201. The molecule has 0 aliphatic rings. The number of carbonyl (C=O) groups excluding carboxylic acids is 1. The van der Waals surface area contributed by atoms with Crippen molar-refractivity contribution >= 4 is 5.97 Å². The summed E-state index contributed by atoms with van der Waals surface area (Å²) >= 11 is 0. The normalized spacial score (nSPS) is 10.9. The number of carbonyl (C=O) groups is 1. The average Bonchev–Trinajstić information content (AvgIpc) is 2.47. The van der Waals surface area contributed by atoms with Crippen molar-refractivity contribution in [3.8, 4) is 0 Å². The molecule has 21 heavy (non-hydrogen) atoms. The van der Waals surface area contributed by atoms with Gasteiger partial charge in [0.25, 0.3) is 0 Å². The van der Waals surface area contributed by atoms with Crippen molar-refractivity contribution in [2.45, 2.75) is 45.8 Å². The van der Waals surface area contributed by atoms with Crippen LogP contribution < -0.4 is 5.32 Å². The van der Waals surface area contributed by atoms with Gasteiger partial charge < -0.3 is 14.8 Å². The van der Waals surface area contributed by atoms with Crippen LogP contribution in [0.15, 0.2) is 24.3 Å². The lowest BCUT2D eigenvalue weighted by Crippen LogP contribution is -2.17. The van der Waals surface area contributed by atoms with E-state index in [0.717, 1.165) is 43.7 Å². The van der Waals surface area contributed by atoms with E-state index in [2.05, 4.69) is 19.2 Å². The van der Waals surface area contributed by atoms with Crippen molar-refractivity contribution in [1.29, 1.82) is 0 Å². The second-order valence-electron chi connectivity index (χ2n) is 5.33. The lowest BCUT2D eigenvalue weighted by atomic mass is 10.0. The van der Waals surface area contributed by atoms with Gasteiger partial charge in [0.1, 0.15) is 0 Å². The van der Waals surface area contributed by atoms with E-state index in [4.69, 9.17) is 9.47 Å². The summed E-state index contributed by atoms with van der Waals surface area (Å²) in [4.78, 5) is 11.4. The Morgan fingerprint density at radius 3 is 2.57 bits per heavy atom. The number of unbranched alkanes of at least 4 members (excludes halogenated alkanes) is 1. The Bertz CT molecular complexity index is 418. The van der Waals surface area contributed by atoms with Gasteiger partial charge in [0, 0.05) is 13.2 Å². The maximum atomic E-state index is 11.4. The van der Waals surface area contributed by atoms with Crippen LogP contribution in [0.4, 0.5) is 0 Å². The molecule has 0 atom stereocenters. The molecule has 0 amide bonds. The highest BCUT2D eigenvalue weighted by Crippen LogP contribution is 2.10. The molecule has 0 radical (unpaired) electrons. The van der Waals surface area contributed by atoms with Crippen LogP contribution in [0.2, 0.25) is 0 Å². The minimum Gasteiger partial charge on any atom is -0.469 e. The highest BCUT2D eigenvalue weighted by molar-refractivity contribution is 5.72. The van der Waals surface area contributed by atoms with E-state index in [1.165, 1.54) is 7.11 Å². The predicted molar refractivity (Wildman–Crippen MR) is 84.2 cm³/mol. The Morgan fingerprint density at radius 1 is 1.19 bits per heavy atom. The van der Waals surface area contributed by atoms with Crippen LogP contribution in [-0.4, -0.2) is 32.3 Å². The Hall–Kier alpha value is -1.39. The van der Waals surface area contributed by atoms with Crippen molar-refractivity contribution in [2.75, 3.05) is 20.3 Å². The molecule has 0 saturated heterocycles.